The highest BCUT2D eigenvalue weighted by Crippen LogP contribution is 2.32. The quantitative estimate of drug-likeness (QED) is 0.851. The van der Waals surface area contributed by atoms with E-state index in [-0.39, 0.29) is 38.0 Å². The Hall–Kier alpha value is -1.83. The number of benzene rings is 1. The fourth-order valence-corrected chi connectivity index (χ4v) is 2.88. The van der Waals surface area contributed by atoms with Crippen molar-refractivity contribution in [1.82, 2.24) is 4.90 Å². The van der Waals surface area contributed by atoms with Crippen molar-refractivity contribution in [3.8, 4) is 5.75 Å². The number of amides is 1. The molecule has 0 unspecified atom stereocenters. The van der Waals surface area contributed by atoms with Crippen LogP contribution in [-0.4, -0.2) is 42.7 Å². The van der Waals surface area contributed by atoms with Gasteiger partial charge in [0.1, 0.15) is 6.04 Å². The Bertz CT molecular complexity index is 592. The van der Waals surface area contributed by atoms with Crippen LogP contribution in [0, 0.1) is 5.82 Å². The van der Waals surface area contributed by atoms with Crippen LogP contribution >= 0.6 is 0 Å². The number of hydrogen-bond donors (Lipinski definition) is 1. The van der Waals surface area contributed by atoms with E-state index in [9.17, 15) is 22.4 Å². The topological polar surface area (TPSA) is 55.6 Å². The molecule has 24 heavy (non-hydrogen) atoms. The molecule has 0 aliphatic carbocycles. The molecule has 1 saturated heterocycles. The first-order chi connectivity index (χ1) is 11.2. The summed E-state index contributed by atoms with van der Waals surface area (Å²) in [6.07, 6.45) is -4.41. The second-order valence-electron chi connectivity index (χ2n) is 5.91. The molecule has 1 heterocycles. The monoisotopic (exact) mass is 348 g/mol. The number of aryl methyl sites for hydroxylation is 1. The minimum atomic E-state index is -4.47. The van der Waals surface area contributed by atoms with E-state index >= 15 is 0 Å². The molecule has 2 N–H and O–H groups in total. The Morgan fingerprint density at radius 2 is 2.08 bits per heavy atom. The maximum Gasteiger partial charge on any atom is 0.408 e. The first kappa shape index (κ1) is 18.5. The number of hydrogen-bond acceptors (Lipinski definition) is 3. The van der Waals surface area contributed by atoms with Gasteiger partial charge in [-0.25, -0.2) is 4.39 Å². The van der Waals surface area contributed by atoms with Crippen LogP contribution in [-0.2, 0) is 11.2 Å². The van der Waals surface area contributed by atoms with E-state index in [1.807, 2.05) is 0 Å². The molecule has 1 fully saturated rings. The van der Waals surface area contributed by atoms with Crippen LogP contribution in [0.3, 0.4) is 0 Å². The predicted molar refractivity (Wildman–Crippen MR) is 80.0 cm³/mol. The molecule has 1 amide bonds. The van der Waals surface area contributed by atoms with Gasteiger partial charge in [0.2, 0.25) is 5.91 Å². The lowest BCUT2D eigenvalue weighted by Gasteiger charge is -2.39. The summed E-state index contributed by atoms with van der Waals surface area (Å²) in [5, 5.41) is 0. The van der Waals surface area contributed by atoms with Crippen LogP contribution in [0.5, 0.6) is 5.75 Å². The van der Waals surface area contributed by atoms with E-state index in [1.165, 1.54) is 19.2 Å². The molecule has 2 atom stereocenters. The first-order valence-corrected chi connectivity index (χ1v) is 7.66. The molecular weight excluding hydrogens is 328 g/mol. The zero-order chi connectivity index (χ0) is 17.9. The number of nitrogens with zero attached hydrogens (tertiary/aromatic N) is 1. The van der Waals surface area contributed by atoms with Gasteiger partial charge in [-0.05, 0) is 37.0 Å². The number of ether oxygens (including phenoxy) is 1. The standard InChI is InChI=1S/C16H20F4N2O2/c1-24-13-5-2-10(8-12(13)17)3-7-15(23)22-9-11(21)4-6-14(22)16(18,19)20/h2,5,8,11,14H,3-4,6-7,9,21H2,1H3/t11-,14+/m1/s1. The Balaban J connectivity index is 2.03. The number of halogens is 4. The lowest BCUT2D eigenvalue weighted by atomic mass is 9.97. The van der Waals surface area contributed by atoms with E-state index in [0.29, 0.717) is 5.56 Å². The molecule has 0 bridgehead atoms. The van der Waals surface area contributed by atoms with Crippen LogP contribution in [0.2, 0.25) is 0 Å². The molecule has 1 aromatic rings. The number of nitrogens with two attached hydrogens (primary N) is 1. The molecule has 2 rings (SSSR count). The summed E-state index contributed by atoms with van der Waals surface area (Å²) in [4.78, 5) is 13.0. The number of piperidine rings is 1. The first-order valence-electron chi connectivity index (χ1n) is 7.66. The summed E-state index contributed by atoms with van der Waals surface area (Å²) < 4.78 is 57.6. The van der Waals surface area contributed by atoms with Crippen LogP contribution in [0.25, 0.3) is 0 Å². The highest BCUT2D eigenvalue weighted by atomic mass is 19.4. The zero-order valence-corrected chi connectivity index (χ0v) is 13.3. The van der Waals surface area contributed by atoms with E-state index in [2.05, 4.69) is 0 Å². The summed E-state index contributed by atoms with van der Waals surface area (Å²) in [5.41, 5.74) is 6.22. The lowest BCUT2D eigenvalue weighted by molar-refractivity contribution is -0.196. The highest BCUT2D eigenvalue weighted by molar-refractivity contribution is 5.77. The number of likely N-dealkylation sites (tertiary alicyclic amines) is 1. The van der Waals surface area contributed by atoms with Gasteiger partial charge in [-0.2, -0.15) is 13.2 Å². The Morgan fingerprint density at radius 3 is 2.67 bits per heavy atom. The molecule has 1 aliphatic rings. The molecule has 134 valence electrons. The molecular formula is C16H20F4N2O2. The van der Waals surface area contributed by atoms with E-state index in [4.69, 9.17) is 10.5 Å². The van der Waals surface area contributed by atoms with Crippen molar-refractivity contribution >= 4 is 5.91 Å². The Labute approximate surface area is 137 Å². The maximum atomic E-state index is 13.6. The normalized spacial score (nSPS) is 21.7. The second kappa shape index (κ2) is 7.38. The minimum absolute atomic E-state index is 0.0733. The van der Waals surface area contributed by atoms with Gasteiger partial charge in [0.25, 0.3) is 0 Å². The largest absolute Gasteiger partial charge is 0.494 e. The summed E-state index contributed by atoms with van der Waals surface area (Å²) in [6, 6.07) is 1.97. The number of carbonyl (C=O) groups is 1. The van der Waals surface area contributed by atoms with Crippen molar-refractivity contribution in [3.63, 3.8) is 0 Å². The molecule has 0 spiro atoms. The van der Waals surface area contributed by atoms with Crippen molar-refractivity contribution in [2.45, 2.75) is 43.9 Å². The third-order valence-electron chi connectivity index (χ3n) is 4.16. The van der Waals surface area contributed by atoms with Crippen LogP contribution < -0.4 is 10.5 Å². The summed E-state index contributed by atoms with van der Waals surface area (Å²) >= 11 is 0. The smallest absolute Gasteiger partial charge is 0.408 e. The lowest BCUT2D eigenvalue weighted by Crippen LogP contribution is -2.56. The second-order valence-corrected chi connectivity index (χ2v) is 5.91. The molecule has 0 radical (unpaired) electrons. The van der Waals surface area contributed by atoms with Gasteiger partial charge in [-0.15, -0.1) is 0 Å². The van der Waals surface area contributed by atoms with Gasteiger partial charge in [-0.3, -0.25) is 4.79 Å². The van der Waals surface area contributed by atoms with E-state index < -0.39 is 30.0 Å². The van der Waals surface area contributed by atoms with Crippen molar-refractivity contribution in [2.75, 3.05) is 13.7 Å². The maximum absolute atomic E-state index is 13.6. The number of carbonyl (C=O) groups excluding carboxylic acids is 1. The molecule has 0 saturated carbocycles. The van der Waals surface area contributed by atoms with E-state index in [0.717, 1.165) is 4.90 Å². The van der Waals surface area contributed by atoms with Gasteiger partial charge in [0, 0.05) is 19.0 Å². The molecule has 1 aliphatic heterocycles. The fraction of sp³-hybridized carbons (Fsp3) is 0.562. The third kappa shape index (κ3) is 4.37. The van der Waals surface area contributed by atoms with Gasteiger partial charge < -0.3 is 15.4 Å². The highest BCUT2D eigenvalue weighted by Gasteiger charge is 2.47. The third-order valence-corrected chi connectivity index (χ3v) is 4.16. The summed E-state index contributed by atoms with van der Waals surface area (Å²) in [5.74, 6) is -1.12. The number of methoxy groups -OCH3 is 1. The predicted octanol–water partition coefficient (Wildman–Crippen LogP) is 2.65. The van der Waals surface area contributed by atoms with Crippen molar-refractivity contribution in [3.05, 3.63) is 29.6 Å². The van der Waals surface area contributed by atoms with Gasteiger partial charge in [0.05, 0.1) is 7.11 Å². The summed E-state index contributed by atoms with van der Waals surface area (Å²) in [7, 11) is 1.33. The SMILES string of the molecule is COc1ccc(CCC(=O)N2C[C@H](N)CC[C@H]2C(F)(F)F)cc1F. The van der Waals surface area contributed by atoms with Crippen LogP contribution in [0.4, 0.5) is 17.6 Å². The molecule has 8 heteroatoms. The molecule has 0 aromatic heterocycles. The Kier molecular flexibility index (Phi) is 5.69. The average molecular weight is 348 g/mol. The summed E-state index contributed by atoms with van der Waals surface area (Å²) in [6.45, 7) is -0.111. The zero-order valence-electron chi connectivity index (χ0n) is 13.3. The van der Waals surface area contributed by atoms with Crippen LogP contribution in [0.1, 0.15) is 24.8 Å². The van der Waals surface area contributed by atoms with Crippen molar-refractivity contribution in [2.24, 2.45) is 5.73 Å². The van der Waals surface area contributed by atoms with Gasteiger partial charge >= 0.3 is 6.18 Å². The minimum Gasteiger partial charge on any atom is -0.494 e. The molecule has 1 aromatic carbocycles. The number of alkyl halides is 3. The molecule has 4 nitrogen and oxygen atoms in total. The van der Waals surface area contributed by atoms with Crippen LogP contribution in [0.15, 0.2) is 18.2 Å². The van der Waals surface area contributed by atoms with Crippen molar-refractivity contribution < 1.29 is 27.1 Å². The van der Waals surface area contributed by atoms with E-state index in [1.54, 1.807) is 6.07 Å². The van der Waals surface area contributed by atoms with Crippen molar-refractivity contribution in [1.29, 1.82) is 0 Å². The van der Waals surface area contributed by atoms with Gasteiger partial charge in [0.15, 0.2) is 11.6 Å². The Morgan fingerprint density at radius 1 is 1.38 bits per heavy atom. The number of rotatable bonds is 4. The average Bonchev–Trinajstić information content (AvgIpc) is 2.51. The fourth-order valence-electron chi connectivity index (χ4n) is 2.88. The van der Waals surface area contributed by atoms with Gasteiger partial charge in [-0.1, -0.05) is 6.07 Å².